The lowest BCUT2D eigenvalue weighted by molar-refractivity contribution is -0.137. The van der Waals surface area contributed by atoms with Crippen molar-refractivity contribution in [1.29, 1.82) is 0 Å². The van der Waals surface area contributed by atoms with Gasteiger partial charge in [0.05, 0.1) is 26.4 Å². The Kier molecular flexibility index (Phi) is 8.20. The molecule has 30 heavy (non-hydrogen) atoms. The molecule has 0 aliphatic rings. The van der Waals surface area contributed by atoms with Gasteiger partial charge in [-0.1, -0.05) is 12.1 Å². The van der Waals surface area contributed by atoms with Gasteiger partial charge in [-0.25, -0.2) is 0 Å². The molecule has 0 heterocycles. The second kappa shape index (κ2) is 10.6. The molecule has 0 aliphatic carbocycles. The molecule has 0 saturated carbocycles. The highest BCUT2D eigenvalue weighted by Crippen LogP contribution is 2.38. The Balaban J connectivity index is 2.00. The molecule has 9 heteroatoms. The van der Waals surface area contributed by atoms with E-state index in [-0.39, 0.29) is 0 Å². The summed E-state index contributed by atoms with van der Waals surface area (Å²) in [4.78, 5) is 4.13. The monoisotopic (exact) mass is 425 g/mol. The van der Waals surface area contributed by atoms with Crippen molar-refractivity contribution in [2.45, 2.75) is 26.2 Å². The van der Waals surface area contributed by atoms with Crippen LogP contribution in [-0.2, 0) is 19.3 Å². The lowest BCUT2D eigenvalue weighted by Gasteiger charge is -2.17. The van der Waals surface area contributed by atoms with Gasteiger partial charge < -0.3 is 24.8 Å². The first-order valence-electron chi connectivity index (χ1n) is 9.30. The number of benzene rings is 2. The van der Waals surface area contributed by atoms with E-state index in [1.54, 1.807) is 21.3 Å². The Bertz CT molecular complexity index is 828. The number of hydrogen-bond donors (Lipinski definition) is 2. The van der Waals surface area contributed by atoms with E-state index < -0.39 is 11.7 Å². The van der Waals surface area contributed by atoms with Gasteiger partial charge in [-0.05, 0) is 42.3 Å². The van der Waals surface area contributed by atoms with Crippen molar-refractivity contribution in [1.82, 2.24) is 10.6 Å². The van der Waals surface area contributed by atoms with E-state index in [9.17, 15) is 13.2 Å². The van der Waals surface area contributed by atoms with E-state index in [1.807, 2.05) is 19.1 Å². The zero-order chi connectivity index (χ0) is 22.1. The van der Waals surface area contributed by atoms with Crippen molar-refractivity contribution < 1.29 is 27.4 Å². The molecule has 0 radical (unpaired) electrons. The summed E-state index contributed by atoms with van der Waals surface area (Å²) >= 11 is 0. The highest BCUT2D eigenvalue weighted by atomic mass is 19.4. The van der Waals surface area contributed by atoms with Gasteiger partial charge in [-0.3, -0.25) is 4.99 Å². The number of methoxy groups -OCH3 is 2. The van der Waals surface area contributed by atoms with Crippen molar-refractivity contribution in [3.05, 3.63) is 53.1 Å². The maximum atomic E-state index is 12.7. The van der Waals surface area contributed by atoms with Crippen molar-refractivity contribution in [3.8, 4) is 17.2 Å². The lowest BCUT2D eigenvalue weighted by Crippen LogP contribution is -2.36. The minimum absolute atomic E-state index is 0.327. The maximum absolute atomic E-state index is 12.7. The molecule has 0 saturated heterocycles. The minimum atomic E-state index is -4.34. The van der Waals surface area contributed by atoms with Crippen LogP contribution >= 0.6 is 0 Å². The summed E-state index contributed by atoms with van der Waals surface area (Å²) in [6, 6.07) is 8.67. The molecular weight excluding hydrogens is 399 g/mol. The number of hydrogen-bond acceptors (Lipinski definition) is 4. The highest BCUT2D eigenvalue weighted by molar-refractivity contribution is 5.79. The van der Waals surface area contributed by atoms with Crippen LogP contribution in [0.1, 0.15) is 23.6 Å². The number of alkyl halides is 3. The maximum Gasteiger partial charge on any atom is 0.416 e. The van der Waals surface area contributed by atoms with Crippen LogP contribution in [0, 0.1) is 0 Å². The van der Waals surface area contributed by atoms with E-state index in [0.717, 1.165) is 17.7 Å². The van der Waals surface area contributed by atoms with Crippen molar-refractivity contribution >= 4 is 5.96 Å². The quantitative estimate of drug-likeness (QED) is 0.495. The standard InChI is InChI=1S/C21H26F3N3O3/c1-5-30-19-17(28-3)10-15(11-18(19)29-4)13-27-20(25-2)26-12-14-6-8-16(9-7-14)21(22,23)24/h6-11H,5,12-13H2,1-4H3,(H2,25,26,27). The van der Waals surface area contributed by atoms with Gasteiger partial charge in [0.15, 0.2) is 17.5 Å². The number of nitrogens with one attached hydrogen (secondary N) is 2. The smallest absolute Gasteiger partial charge is 0.416 e. The van der Waals surface area contributed by atoms with Gasteiger partial charge in [0, 0.05) is 20.1 Å². The van der Waals surface area contributed by atoms with Crippen LogP contribution in [0.25, 0.3) is 0 Å². The third-order valence-electron chi connectivity index (χ3n) is 4.23. The summed E-state index contributed by atoms with van der Waals surface area (Å²) in [5.74, 6) is 2.15. The van der Waals surface area contributed by atoms with Crippen LogP contribution in [0.2, 0.25) is 0 Å². The Morgan fingerprint density at radius 1 is 0.933 bits per heavy atom. The van der Waals surface area contributed by atoms with Crippen molar-refractivity contribution in [2.24, 2.45) is 4.99 Å². The normalized spacial score (nSPS) is 11.8. The van der Waals surface area contributed by atoms with Gasteiger partial charge >= 0.3 is 6.18 Å². The van der Waals surface area contributed by atoms with Crippen LogP contribution < -0.4 is 24.8 Å². The summed E-state index contributed by atoms with van der Waals surface area (Å²) < 4.78 is 54.3. The lowest BCUT2D eigenvalue weighted by atomic mass is 10.1. The predicted molar refractivity (Wildman–Crippen MR) is 109 cm³/mol. The van der Waals surface area contributed by atoms with E-state index in [4.69, 9.17) is 14.2 Å². The molecule has 164 valence electrons. The van der Waals surface area contributed by atoms with Crippen LogP contribution in [0.3, 0.4) is 0 Å². The van der Waals surface area contributed by atoms with Gasteiger partial charge in [0.2, 0.25) is 5.75 Å². The molecule has 2 rings (SSSR count). The molecule has 0 spiro atoms. The van der Waals surface area contributed by atoms with E-state index >= 15 is 0 Å². The molecule has 0 unspecified atom stereocenters. The summed E-state index contributed by atoms with van der Waals surface area (Å²) in [6.45, 7) is 3.10. The fraction of sp³-hybridized carbons (Fsp3) is 0.381. The Hall–Kier alpha value is -3.10. The second-order valence-corrected chi connectivity index (χ2v) is 6.24. The number of aliphatic imine (C=N–C) groups is 1. The summed E-state index contributed by atoms with van der Waals surface area (Å²) in [7, 11) is 4.72. The van der Waals surface area contributed by atoms with E-state index in [2.05, 4.69) is 15.6 Å². The van der Waals surface area contributed by atoms with Crippen LogP contribution in [0.4, 0.5) is 13.2 Å². The largest absolute Gasteiger partial charge is 0.493 e. The second-order valence-electron chi connectivity index (χ2n) is 6.24. The Morgan fingerprint density at radius 3 is 1.90 bits per heavy atom. The molecular formula is C21H26F3N3O3. The molecule has 0 atom stereocenters. The zero-order valence-corrected chi connectivity index (χ0v) is 17.4. The third kappa shape index (κ3) is 6.20. The number of halogens is 3. The molecule has 0 aromatic heterocycles. The molecule has 2 aromatic carbocycles. The van der Waals surface area contributed by atoms with Gasteiger partial charge in [0.1, 0.15) is 0 Å². The summed E-state index contributed by atoms with van der Waals surface area (Å²) in [5, 5.41) is 6.23. The third-order valence-corrected chi connectivity index (χ3v) is 4.23. The number of rotatable bonds is 8. The van der Waals surface area contributed by atoms with E-state index in [1.165, 1.54) is 12.1 Å². The SMILES string of the molecule is CCOc1c(OC)cc(CNC(=NC)NCc2ccc(C(F)(F)F)cc2)cc1OC. The van der Waals surface area contributed by atoms with Gasteiger partial charge in [-0.2, -0.15) is 13.2 Å². The minimum Gasteiger partial charge on any atom is -0.493 e. The first-order chi connectivity index (χ1) is 14.3. The Morgan fingerprint density at radius 2 is 1.47 bits per heavy atom. The average Bonchev–Trinajstić information content (AvgIpc) is 2.74. The molecule has 2 N–H and O–H groups in total. The summed E-state index contributed by atoms with van der Waals surface area (Å²) in [5.41, 5.74) is 0.909. The Labute approximate surface area is 174 Å². The summed E-state index contributed by atoms with van der Waals surface area (Å²) in [6.07, 6.45) is -4.34. The van der Waals surface area contributed by atoms with Gasteiger partial charge in [0.25, 0.3) is 0 Å². The van der Waals surface area contributed by atoms with Crippen LogP contribution in [0.15, 0.2) is 41.4 Å². The van der Waals surface area contributed by atoms with E-state index in [0.29, 0.717) is 48.5 Å². The predicted octanol–water partition coefficient (Wildman–Crippen LogP) is 3.99. The van der Waals surface area contributed by atoms with Crippen LogP contribution in [0.5, 0.6) is 17.2 Å². The number of nitrogens with zero attached hydrogens (tertiary/aromatic N) is 1. The average molecular weight is 425 g/mol. The molecule has 0 fully saturated rings. The zero-order valence-electron chi connectivity index (χ0n) is 17.4. The fourth-order valence-electron chi connectivity index (χ4n) is 2.73. The molecule has 0 amide bonds. The number of ether oxygens (including phenoxy) is 3. The molecule has 0 aliphatic heterocycles. The fourth-order valence-corrected chi connectivity index (χ4v) is 2.73. The molecule has 6 nitrogen and oxygen atoms in total. The first kappa shape index (κ1) is 23.2. The van der Waals surface area contributed by atoms with Gasteiger partial charge in [-0.15, -0.1) is 0 Å². The van der Waals surface area contributed by atoms with Crippen molar-refractivity contribution in [2.75, 3.05) is 27.9 Å². The van der Waals surface area contributed by atoms with Crippen LogP contribution in [-0.4, -0.2) is 33.8 Å². The van der Waals surface area contributed by atoms with Crippen molar-refractivity contribution in [3.63, 3.8) is 0 Å². The number of guanidine groups is 1. The molecule has 0 bridgehead atoms. The highest BCUT2D eigenvalue weighted by Gasteiger charge is 2.29. The molecule has 2 aromatic rings. The first-order valence-corrected chi connectivity index (χ1v) is 9.30. The topological polar surface area (TPSA) is 64.1 Å².